The first-order valence-electron chi connectivity index (χ1n) is 6.59. The minimum absolute atomic E-state index is 0.596. The predicted octanol–water partition coefficient (Wildman–Crippen LogP) is 3.05. The van der Waals surface area contributed by atoms with Gasteiger partial charge in [-0.25, -0.2) is 0 Å². The zero-order valence-electron chi connectivity index (χ0n) is 11.8. The van der Waals surface area contributed by atoms with Crippen molar-refractivity contribution in [3.63, 3.8) is 0 Å². The molecule has 0 radical (unpaired) electrons. The quantitative estimate of drug-likeness (QED) is 0.608. The van der Waals surface area contributed by atoms with Gasteiger partial charge in [-0.2, -0.15) is 0 Å². The van der Waals surface area contributed by atoms with Crippen molar-refractivity contribution < 1.29 is 0 Å². The minimum atomic E-state index is 0.596. The van der Waals surface area contributed by atoms with Crippen LogP contribution in [0.4, 0.5) is 0 Å². The Hall–Kier alpha value is -0.340. The maximum absolute atomic E-state index is 3.75. The first-order chi connectivity index (χ1) is 7.49. The summed E-state index contributed by atoms with van der Waals surface area (Å²) < 4.78 is 0. The Balaban J connectivity index is 3.73. The fraction of sp³-hybridized carbons (Fsp3) is 0.857. The van der Waals surface area contributed by atoms with Crippen molar-refractivity contribution in [1.82, 2.24) is 10.2 Å². The summed E-state index contributed by atoms with van der Waals surface area (Å²) in [7, 11) is 0. The van der Waals surface area contributed by atoms with Gasteiger partial charge in [-0.3, -0.25) is 4.90 Å². The van der Waals surface area contributed by atoms with E-state index in [0.717, 1.165) is 19.5 Å². The van der Waals surface area contributed by atoms with Gasteiger partial charge in [0.1, 0.15) is 0 Å². The fourth-order valence-electron chi connectivity index (χ4n) is 2.02. The van der Waals surface area contributed by atoms with E-state index in [1.165, 1.54) is 6.42 Å². The van der Waals surface area contributed by atoms with Crippen LogP contribution in [-0.4, -0.2) is 36.1 Å². The SMILES string of the molecule is C=CCCC(C)NCCN(C(C)C)C(C)C. The second-order valence-electron chi connectivity index (χ2n) is 5.15. The molecule has 1 atom stereocenters. The molecule has 0 aliphatic heterocycles. The summed E-state index contributed by atoms with van der Waals surface area (Å²) in [6, 6.07) is 1.86. The molecule has 96 valence electrons. The van der Waals surface area contributed by atoms with Gasteiger partial charge in [-0.05, 0) is 47.5 Å². The van der Waals surface area contributed by atoms with Crippen LogP contribution in [0, 0.1) is 0 Å². The number of nitrogens with zero attached hydrogens (tertiary/aromatic N) is 1. The van der Waals surface area contributed by atoms with E-state index < -0.39 is 0 Å². The van der Waals surface area contributed by atoms with E-state index in [9.17, 15) is 0 Å². The molecule has 1 unspecified atom stereocenters. The lowest BCUT2D eigenvalue weighted by Crippen LogP contribution is -2.42. The van der Waals surface area contributed by atoms with Gasteiger partial charge in [-0.1, -0.05) is 6.08 Å². The van der Waals surface area contributed by atoms with Gasteiger partial charge in [0.2, 0.25) is 0 Å². The molecule has 2 heteroatoms. The number of allylic oxidation sites excluding steroid dienone is 1. The normalized spacial score (nSPS) is 13.8. The minimum Gasteiger partial charge on any atom is -0.313 e. The summed E-state index contributed by atoms with van der Waals surface area (Å²) in [6.45, 7) is 17.3. The molecule has 0 saturated heterocycles. The van der Waals surface area contributed by atoms with E-state index in [0.29, 0.717) is 18.1 Å². The molecule has 0 aliphatic carbocycles. The van der Waals surface area contributed by atoms with Crippen LogP contribution in [0.3, 0.4) is 0 Å². The molecule has 2 nitrogen and oxygen atoms in total. The van der Waals surface area contributed by atoms with E-state index in [4.69, 9.17) is 0 Å². The Morgan fingerprint density at radius 2 is 1.69 bits per heavy atom. The van der Waals surface area contributed by atoms with E-state index in [1.54, 1.807) is 0 Å². The molecule has 0 amide bonds. The third-order valence-corrected chi connectivity index (χ3v) is 2.99. The third kappa shape index (κ3) is 7.02. The molecule has 16 heavy (non-hydrogen) atoms. The van der Waals surface area contributed by atoms with Gasteiger partial charge in [0.15, 0.2) is 0 Å². The van der Waals surface area contributed by atoms with Crippen LogP contribution in [0.1, 0.15) is 47.5 Å². The van der Waals surface area contributed by atoms with E-state index in [2.05, 4.69) is 51.4 Å². The topological polar surface area (TPSA) is 15.3 Å². The van der Waals surface area contributed by atoms with E-state index in [1.807, 2.05) is 6.08 Å². The molecule has 0 aromatic carbocycles. The molecule has 0 spiro atoms. The lowest BCUT2D eigenvalue weighted by atomic mass is 10.2. The summed E-state index contributed by atoms with van der Waals surface area (Å²) in [5.74, 6) is 0. The van der Waals surface area contributed by atoms with Crippen LogP contribution in [0.25, 0.3) is 0 Å². The van der Waals surface area contributed by atoms with Crippen molar-refractivity contribution in [2.45, 2.75) is 65.6 Å². The van der Waals surface area contributed by atoms with Gasteiger partial charge in [0, 0.05) is 31.2 Å². The van der Waals surface area contributed by atoms with E-state index in [-0.39, 0.29) is 0 Å². The van der Waals surface area contributed by atoms with Crippen LogP contribution in [0.15, 0.2) is 12.7 Å². The predicted molar refractivity (Wildman–Crippen MR) is 73.9 cm³/mol. The highest BCUT2D eigenvalue weighted by Gasteiger charge is 2.12. The van der Waals surface area contributed by atoms with Crippen molar-refractivity contribution in [3.05, 3.63) is 12.7 Å². The molecule has 0 aromatic rings. The average molecular weight is 226 g/mol. The molecular formula is C14H30N2. The van der Waals surface area contributed by atoms with E-state index >= 15 is 0 Å². The van der Waals surface area contributed by atoms with Gasteiger partial charge in [-0.15, -0.1) is 6.58 Å². The Labute approximate surface area is 102 Å². The van der Waals surface area contributed by atoms with Crippen LogP contribution in [0.5, 0.6) is 0 Å². The largest absolute Gasteiger partial charge is 0.313 e. The zero-order chi connectivity index (χ0) is 12.6. The van der Waals surface area contributed by atoms with Gasteiger partial charge in [0.25, 0.3) is 0 Å². The summed E-state index contributed by atoms with van der Waals surface area (Å²) >= 11 is 0. The lowest BCUT2D eigenvalue weighted by molar-refractivity contribution is 0.174. The highest BCUT2D eigenvalue weighted by Crippen LogP contribution is 2.04. The average Bonchev–Trinajstić information content (AvgIpc) is 2.20. The molecule has 1 N–H and O–H groups in total. The molecule has 0 saturated carbocycles. The maximum Gasteiger partial charge on any atom is 0.0112 e. The van der Waals surface area contributed by atoms with Crippen molar-refractivity contribution in [2.24, 2.45) is 0 Å². The molecule has 0 bridgehead atoms. The molecule has 0 heterocycles. The van der Waals surface area contributed by atoms with Gasteiger partial charge < -0.3 is 5.32 Å². The number of rotatable bonds is 9. The van der Waals surface area contributed by atoms with Crippen LogP contribution < -0.4 is 5.32 Å². The summed E-state index contributed by atoms with van der Waals surface area (Å²) in [6.07, 6.45) is 4.28. The van der Waals surface area contributed by atoms with Crippen molar-refractivity contribution >= 4 is 0 Å². The summed E-state index contributed by atoms with van der Waals surface area (Å²) in [4.78, 5) is 2.52. The van der Waals surface area contributed by atoms with Crippen molar-refractivity contribution in [3.8, 4) is 0 Å². The first kappa shape index (κ1) is 15.7. The molecule has 0 aliphatic rings. The lowest BCUT2D eigenvalue weighted by Gasteiger charge is -2.31. The highest BCUT2D eigenvalue weighted by molar-refractivity contribution is 4.73. The highest BCUT2D eigenvalue weighted by atomic mass is 15.2. The van der Waals surface area contributed by atoms with Gasteiger partial charge in [0.05, 0.1) is 0 Å². The fourth-order valence-corrected chi connectivity index (χ4v) is 2.02. The Morgan fingerprint density at radius 1 is 1.12 bits per heavy atom. The molecule has 0 rings (SSSR count). The Bertz CT molecular complexity index is 168. The Kier molecular flexibility index (Phi) is 8.58. The second-order valence-corrected chi connectivity index (χ2v) is 5.15. The summed E-state index contributed by atoms with van der Waals surface area (Å²) in [5, 5.41) is 3.57. The smallest absolute Gasteiger partial charge is 0.0112 e. The number of nitrogens with one attached hydrogen (secondary N) is 1. The van der Waals surface area contributed by atoms with Crippen molar-refractivity contribution in [2.75, 3.05) is 13.1 Å². The molecule has 0 fully saturated rings. The second kappa shape index (κ2) is 8.77. The van der Waals surface area contributed by atoms with Crippen LogP contribution in [0.2, 0.25) is 0 Å². The number of hydrogen-bond donors (Lipinski definition) is 1. The van der Waals surface area contributed by atoms with Crippen molar-refractivity contribution in [1.29, 1.82) is 0 Å². The van der Waals surface area contributed by atoms with Crippen LogP contribution in [-0.2, 0) is 0 Å². The maximum atomic E-state index is 3.75. The van der Waals surface area contributed by atoms with Gasteiger partial charge >= 0.3 is 0 Å². The zero-order valence-corrected chi connectivity index (χ0v) is 11.8. The molecule has 0 aromatic heterocycles. The first-order valence-corrected chi connectivity index (χ1v) is 6.59. The number of hydrogen-bond acceptors (Lipinski definition) is 2. The summed E-state index contributed by atoms with van der Waals surface area (Å²) in [5.41, 5.74) is 0. The standard InChI is InChI=1S/C14H30N2/c1-7-8-9-14(6)15-10-11-16(12(2)3)13(4)5/h7,12-15H,1,8-11H2,2-6H3. The Morgan fingerprint density at radius 3 is 2.12 bits per heavy atom. The van der Waals surface area contributed by atoms with Crippen LogP contribution >= 0.6 is 0 Å². The molecular weight excluding hydrogens is 196 g/mol. The third-order valence-electron chi connectivity index (χ3n) is 2.99. The monoisotopic (exact) mass is 226 g/mol.